The van der Waals surface area contributed by atoms with E-state index in [1.807, 2.05) is 31.7 Å². The van der Waals surface area contributed by atoms with Crippen LogP contribution >= 0.6 is 11.8 Å². The number of hydrogen-bond donors (Lipinski definition) is 0. The molecule has 1 saturated heterocycles. The highest BCUT2D eigenvalue weighted by atomic mass is 32.2. The molecule has 100 valence electrons. The van der Waals surface area contributed by atoms with E-state index in [9.17, 15) is 0 Å². The molecule has 0 aromatic heterocycles. The fourth-order valence-electron chi connectivity index (χ4n) is 1.56. The molecule has 17 heavy (non-hydrogen) atoms. The summed E-state index contributed by atoms with van der Waals surface area (Å²) in [6, 6.07) is 0. The topological polar surface area (TPSA) is 12.5 Å². The molecule has 0 saturated carbocycles. The van der Waals surface area contributed by atoms with E-state index in [2.05, 4.69) is 24.5 Å². The van der Waals surface area contributed by atoms with Crippen molar-refractivity contribution in [3.63, 3.8) is 0 Å². The molecule has 0 aromatic carbocycles. The first-order chi connectivity index (χ1) is 8.33. The van der Waals surface area contributed by atoms with Crippen LogP contribution in [0.2, 0.25) is 0 Å². The molecule has 0 amide bonds. The Balaban J connectivity index is 0.00000121. The molecule has 0 unspecified atom stereocenters. The van der Waals surface area contributed by atoms with Gasteiger partial charge in [-0.3, -0.25) is 4.90 Å². The predicted octanol–water partition coefficient (Wildman–Crippen LogP) is 3.56. The summed E-state index contributed by atoms with van der Waals surface area (Å²) < 4.78 is 5.31. The van der Waals surface area contributed by atoms with Crippen LogP contribution in [0.25, 0.3) is 0 Å². The van der Waals surface area contributed by atoms with E-state index in [1.54, 1.807) is 0 Å². The van der Waals surface area contributed by atoms with E-state index in [1.165, 1.54) is 23.6 Å². The second kappa shape index (κ2) is 12.2. The lowest BCUT2D eigenvalue weighted by Crippen LogP contribution is -2.36. The standard InChI is InChI=1S/C12H21NOS.C2H6/c1-3-5-12(2)15-11-4-6-13-7-9-14-10-8-13;1-2/h3,5H,1,4,6-11H2,2H3;1-2H3/b12-5+;. The van der Waals surface area contributed by atoms with Crippen molar-refractivity contribution in [2.75, 3.05) is 38.6 Å². The highest BCUT2D eigenvalue weighted by Crippen LogP contribution is 2.15. The third-order valence-electron chi connectivity index (χ3n) is 2.40. The molecule has 0 atom stereocenters. The van der Waals surface area contributed by atoms with Crippen LogP contribution in [-0.4, -0.2) is 43.5 Å². The minimum atomic E-state index is 0.905. The molecule has 0 N–H and O–H groups in total. The highest BCUT2D eigenvalue weighted by Gasteiger charge is 2.08. The summed E-state index contributed by atoms with van der Waals surface area (Å²) in [7, 11) is 0. The molecule has 0 spiro atoms. The summed E-state index contributed by atoms with van der Waals surface area (Å²) in [5.74, 6) is 1.20. The number of hydrogen-bond acceptors (Lipinski definition) is 3. The Labute approximate surface area is 111 Å². The molecule has 1 aliphatic heterocycles. The maximum Gasteiger partial charge on any atom is 0.0594 e. The van der Waals surface area contributed by atoms with Crippen molar-refractivity contribution < 1.29 is 4.74 Å². The normalized spacial score (nSPS) is 17.2. The molecule has 0 radical (unpaired) electrons. The van der Waals surface area contributed by atoms with Gasteiger partial charge in [-0.25, -0.2) is 0 Å². The van der Waals surface area contributed by atoms with Gasteiger partial charge in [-0.15, -0.1) is 11.8 Å². The van der Waals surface area contributed by atoms with Crippen LogP contribution in [0, 0.1) is 0 Å². The lowest BCUT2D eigenvalue weighted by molar-refractivity contribution is 0.0381. The van der Waals surface area contributed by atoms with Gasteiger partial charge in [-0.1, -0.05) is 32.6 Å². The second-order valence-corrected chi connectivity index (χ2v) is 5.01. The third-order valence-corrected chi connectivity index (χ3v) is 3.49. The number of allylic oxidation sites excluding steroid dienone is 3. The second-order valence-electron chi connectivity index (χ2n) is 3.67. The van der Waals surface area contributed by atoms with Crippen molar-refractivity contribution in [1.82, 2.24) is 4.90 Å². The summed E-state index contributed by atoms with van der Waals surface area (Å²) in [6.45, 7) is 15.1. The van der Waals surface area contributed by atoms with E-state index >= 15 is 0 Å². The Bertz CT molecular complexity index is 210. The first kappa shape index (κ1) is 16.8. The molecule has 0 aromatic rings. The van der Waals surface area contributed by atoms with Gasteiger partial charge in [0, 0.05) is 13.1 Å². The Morgan fingerprint density at radius 1 is 1.35 bits per heavy atom. The van der Waals surface area contributed by atoms with E-state index in [0.29, 0.717) is 0 Å². The number of nitrogens with zero attached hydrogens (tertiary/aromatic N) is 1. The van der Waals surface area contributed by atoms with Gasteiger partial charge in [-0.2, -0.15) is 0 Å². The first-order valence-electron chi connectivity index (χ1n) is 6.55. The Morgan fingerprint density at radius 2 is 2.00 bits per heavy atom. The zero-order valence-electron chi connectivity index (χ0n) is 11.6. The minimum absolute atomic E-state index is 0.905. The minimum Gasteiger partial charge on any atom is -0.379 e. The van der Waals surface area contributed by atoms with Gasteiger partial charge < -0.3 is 4.74 Å². The van der Waals surface area contributed by atoms with E-state index < -0.39 is 0 Å². The van der Waals surface area contributed by atoms with Crippen LogP contribution in [0.1, 0.15) is 27.2 Å². The zero-order valence-corrected chi connectivity index (χ0v) is 12.4. The summed E-state index contributed by atoms with van der Waals surface area (Å²) in [4.78, 5) is 3.84. The molecule has 1 fully saturated rings. The Kier molecular flexibility index (Phi) is 12.0. The van der Waals surface area contributed by atoms with Gasteiger partial charge in [0.25, 0.3) is 0 Å². The highest BCUT2D eigenvalue weighted by molar-refractivity contribution is 8.03. The molecule has 3 heteroatoms. The van der Waals surface area contributed by atoms with Crippen molar-refractivity contribution in [2.45, 2.75) is 27.2 Å². The van der Waals surface area contributed by atoms with Gasteiger partial charge in [0.05, 0.1) is 13.2 Å². The van der Waals surface area contributed by atoms with Crippen molar-refractivity contribution in [2.24, 2.45) is 0 Å². The smallest absolute Gasteiger partial charge is 0.0594 e. The summed E-state index contributed by atoms with van der Waals surface area (Å²) in [5.41, 5.74) is 0. The van der Waals surface area contributed by atoms with Crippen LogP contribution in [0.5, 0.6) is 0 Å². The van der Waals surface area contributed by atoms with E-state index in [-0.39, 0.29) is 0 Å². The fourth-order valence-corrected chi connectivity index (χ4v) is 2.35. The summed E-state index contributed by atoms with van der Waals surface area (Å²) >= 11 is 1.92. The number of morpholine rings is 1. The Morgan fingerprint density at radius 3 is 2.59 bits per heavy atom. The number of ether oxygens (including phenoxy) is 1. The average Bonchev–Trinajstić information content (AvgIpc) is 2.39. The molecular formula is C14H27NOS. The first-order valence-corrected chi connectivity index (χ1v) is 7.53. The van der Waals surface area contributed by atoms with Crippen molar-refractivity contribution in [3.8, 4) is 0 Å². The van der Waals surface area contributed by atoms with Gasteiger partial charge >= 0.3 is 0 Å². The maximum absolute atomic E-state index is 5.31. The molecule has 1 aliphatic rings. The van der Waals surface area contributed by atoms with E-state index in [0.717, 1.165) is 26.3 Å². The Hall–Kier alpha value is -0.250. The quantitative estimate of drug-likeness (QED) is 0.533. The van der Waals surface area contributed by atoms with Crippen LogP contribution in [-0.2, 0) is 4.74 Å². The van der Waals surface area contributed by atoms with Crippen LogP contribution in [0.15, 0.2) is 23.6 Å². The molecule has 0 aliphatic carbocycles. The third kappa shape index (κ3) is 9.45. The van der Waals surface area contributed by atoms with Gasteiger partial charge in [0.2, 0.25) is 0 Å². The van der Waals surface area contributed by atoms with Gasteiger partial charge in [0.1, 0.15) is 0 Å². The van der Waals surface area contributed by atoms with Gasteiger partial charge in [-0.05, 0) is 30.5 Å². The fraction of sp³-hybridized carbons (Fsp3) is 0.714. The summed E-state index contributed by atoms with van der Waals surface area (Å²) in [6.07, 6.45) is 5.18. The van der Waals surface area contributed by atoms with Crippen LogP contribution in [0.4, 0.5) is 0 Å². The molecular weight excluding hydrogens is 230 g/mol. The van der Waals surface area contributed by atoms with Crippen molar-refractivity contribution in [3.05, 3.63) is 23.6 Å². The SMILES string of the molecule is C=C/C=C(\C)SCCCN1CCOCC1.CC. The molecule has 1 heterocycles. The molecule has 0 bridgehead atoms. The van der Waals surface area contributed by atoms with Crippen LogP contribution < -0.4 is 0 Å². The monoisotopic (exact) mass is 257 g/mol. The maximum atomic E-state index is 5.31. The lowest BCUT2D eigenvalue weighted by Gasteiger charge is -2.26. The molecule has 2 nitrogen and oxygen atoms in total. The largest absolute Gasteiger partial charge is 0.379 e. The lowest BCUT2D eigenvalue weighted by atomic mass is 10.4. The van der Waals surface area contributed by atoms with Crippen molar-refractivity contribution >= 4 is 11.8 Å². The van der Waals surface area contributed by atoms with Crippen LogP contribution in [0.3, 0.4) is 0 Å². The van der Waals surface area contributed by atoms with Crippen molar-refractivity contribution in [1.29, 1.82) is 0 Å². The number of thioether (sulfide) groups is 1. The van der Waals surface area contributed by atoms with Gasteiger partial charge in [0.15, 0.2) is 0 Å². The predicted molar refractivity (Wildman–Crippen MR) is 79.6 cm³/mol. The van der Waals surface area contributed by atoms with E-state index in [4.69, 9.17) is 4.74 Å². The molecule has 1 rings (SSSR count). The number of rotatable bonds is 6. The summed E-state index contributed by atoms with van der Waals surface area (Å²) in [5, 5.41) is 0. The average molecular weight is 257 g/mol. The zero-order chi connectivity index (χ0) is 12.9.